The van der Waals surface area contributed by atoms with Crippen molar-refractivity contribution in [1.82, 2.24) is 4.90 Å². The van der Waals surface area contributed by atoms with Crippen molar-refractivity contribution in [3.8, 4) is 5.75 Å². The predicted molar refractivity (Wildman–Crippen MR) is 165 cm³/mol. The molecule has 5 rings (SSSR count). The summed E-state index contributed by atoms with van der Waals surface area (Å²) in [6, 6.07) is 10.7. The van der Waals surface area contributed by atoms with Crippen LogP contribution < -0.4 is 15.4 Å². The molecule has 9 nitrogen and oxygen atoms in total. The van der Waals surface area contributed by atoms with E-state index in [-0.39, 0.29) is 30.3 Å². The van der Waals surface area contributed by atoms with E-state index in [2.05, 4.69) is 10.6 Å². The lowest BCUT2D eigenvalue weighted by Crippen LogP contribution is -2.57. The van der Waals surface area contributed by atoms with Gasteiger partial charge in [-0.25, -0.2) is 0 Å². The summed E-state index contributed by atoms with van der Waals surface area (Å²) in [6.07, 6.45) is 1.10. The number of rotatable bonds is 10. The second-order valence-corrected chi connectivity index (χ2v) is 12.9. The van der Waals surface area contributed by atoms with Crippen molar-refractivity contribution in [1.29, 1.82) is 0 Å². The quantitative estimate of drug-likeness (QED) is 0.346. The predicted octanol–water partition coefficient (Wildman–Crippen LogP) is 5.04. The van der Waals surface area contributed by atoms with Gasteiger partial charge in [-0.1, -0.05) is 50.9 Å². The highest BCUT2D eigenvalue weighted by Crippen LogP contribution is 2.65. The van der Waals surface area contributed by atoms with Gasteiger partial charge in [-0.15, -0.1) is 0 Å². The highest BCUT2D eigenvalue weighted by molar-refractivity contribution is 6.34. The Morgan fingerprint density at radius 1 is 1.16 bits per heavy atom. The zero-order valence-corrected chi connectivity index (χ0v) is 26.4. The fraction of sp³-hybridized carbons (Fsp3) is 0.545. The molecule has 0 aromatic heterocycles. The molecule has 43 heavy (non-hydrogen) atoms. The number of para-hydroxylation sites is 1. The number of carbonyl (C=O) groups is 3. The van der Waals surface area contributed by atoms with Crippen molar-refractivity contribution in [3.63, 3.8) is 0 Å². The minimum absolute atomic E-state index is 0.108. The average molecular weight is 612 g/mol. The Morgan fingerprint density at radius 3 is 2.47 bits per heavy atom. The molecule has 232 valence electrons. The lowest BCUT2D eigenvalue weighted by molar-refractivity contribution is -0.149. The van der Waals surface area contributed by atoms with Gasteiger partial charge < -0.3 is 30.1 Å². The number of aryl methyl sites for hydroxylation is 1. The Hall–Kier alpha value is -3.14. The number of hydrogen-bond acceptors (Lipinski definition) is 6. The summed E-state index contributed by atoms with van der Waals surface area (Å²) in [4.78, 5) is 44.5. The number of likely N-dealkylation sites (tertiary alicyclic amines) is 1. The first kappa shape index (κ1) is 31.3. The van der Waals surface area contributed by atoms with E-state index in [0.29, 0.717) is 41.6 Å². The molecule has 2 aromatic carbocycles. The number of nitrogens with zero attached hydrogens (tertiary/aromatic N) is 1. The van der Waals surface area contributed by atoms with Crippen LogP contribution in [-0.2, 0) is 19.1 Å². The highest BCUT2D eigenvalue weighted by Gasteiger charge is 2.80. The number of carbonyl (C=O) groups excluding carboxylic acids is 3. The number of benzene rings is 2. The number of hydrogen-bond donors (Lipinski definition) is 3. The molecule has 3 saturated heterocycles. The molecule has 3 aliphatic rings. The Labute approximate surface area is 258 Å². The van der Waals surface area contributed by atoms with Crippen molar-refractivity contribution in [3.05, 3.63) is 53.1 Å². The summed E-state index contributed by atoms with van der Waals surface area (Å²) >= 11 is 6.48. The van der Waals surface area contributed by atoms with Gasteiger partial charge in [0.25, 0.3) is 0 Å². The van der Waals surface area contributed by atoms with E-state index >= 15 is 0 Å². The molecule has 3 aliphatic heterocycles. The minimum atomic E-state index is -1.26. The van der Waals surface area contributed by atoms with Crippen molar-refractivity contribution < 1.29 is 29.0 Å². The molecule has 10 heteroatoms. The number of aliphatic hydroxyl groups is 1. The number of nitrogens with one attached hydrogen (secondary N) is 2. The fourth-order valence-electron chi connectivity index (χ4n) is 7.55. The minimum Gasteiger partial charge on any atom is -0.494 e. The number of ether oxygens (including phenoxy) is 2. The molecule has 3 heterocycles. The van der Waals surface area contributed by atoms with Gasteiger partial charge in [0.1, 0.15) is 17.4 Å². The first-order valence-corrected chi connectivity index (χ1v) is 15.5. The van der Waals surface area contributed by atoms with Crippen LogP contribution in [-0.4, -0.2) is 64.2 Å². The highest BCUT2D eigenvalue weighted by atomic mass is 35.5. The third-order valence-electron chi connectivity index (χ3n) is 10.0. The maximum absolute atomic E-state index is 14.6. The maximum Gasteiger partial charge on any atom is 0.250 e. The molecule has 8 atom stereocenters. The molecule has 2 bridgehead atoms. The maximum atomic E-state index is 14.6. The molecule has 3 fully saturated rings. The molecule has 0 saturated carbocycles. The summed E-state index contributed by atoms with van der Waals surface area (Å²) in [6.45, 7) is 11.7. The van der Waals surface area contributed by atoms with Crippen LogP contribution in [0.4, 0.5) is 11.4 Å². The number of fused-ring (bicyclic) bond motifs is 1. The molecule has 0 aliphatic carbocycles. The SMILES string of the molecule is CCOc1ccc(NC(=O)[C@H]2[C@H]3C(=O)N([C@@H](CO)[C@@H](C)CC)C(C(=O)Nc4c(C)cccc4Cl)C34CC(C)[C@]2(C)O4)cc1. The molecule has 0 radical (unpaired) electrons. The van der Waals surface area contributed by atoms with Gasteiger partial charge in [-0.05, 0) is 74.9 Å². The summed E-state index contributed by atoms with van der Waals surface area (Å²) in [5, 5.41) is 16.9. The van der Waals surface area contributed by atoms with Crippen LogP contribution in [0.3, 0.4) is 0 Å². The Morgan fingerprint density at radius 2 is 1.86 bits per heavy atom. The molecular formula is C33H42ClN3O6. The standard InChI is InChI=1S/C33H42ClN3O6/c1-7-18(3)24(17-38)37-28(30(40)36-27-19(4)10-9-11-23(27)34)33-16-20(5)32(6,43-33)25(26(33)31(37)41)29(39)35-21-12-14-22(15-13-21)42-8-2/h9-15,18,20,24-26,28,38H,7-8,16-17H2,1-6H3,(H,35,39)(H,36,40)/t18-,20?,24-,25+,26-,28?,32-,33?/m0/s1. The van der Waals surface area contributed by atoms with E-state index in [1.54, 1.807) is 36.4 Å². The van der Waals surface area contributed by atoms with Crippen LogP contribution in [0, 0.1) is 30.6 Å². The first-order chi connectivity index (χ1) is 20.4. The lowest BCUT2D eigenvalue weighted by atomic mass is 9.62. The largest absolute Gasteiger partial charge is 0.494 e. The van der Waals surface area contributed by atoms with Crippen molar-refractivity contribution in [2.45, 2.75) is 77.7 Å². The average Bonchev–Trinajstić information content (AvgIpc) is 3.49. The summed E-state index contributed by atoms with van der Waals surface area (Å²) in [5.74, 6) is -2.44. The third kappa shape index (κ3) is 4.99. The first-order valence-electron chi connectivity index (χ1n) is 15.2. The number of anilines is 2. The van der Waals surface area contributed by atoms with E-state index in [4.69, 9.17) is 21.1 Å². The monoisotopic (exact) mass is 611 g/mol. The van der Waals surface area contributed by atoms with Gasteiger partial charge >= 0.3 is 0 Å². The lowest BCUT2D eigenvalue weighted by Gasteiger charge is -2.39. The topological polar surface area (TPSA) is 117 Å². The third-order valence-corrected chi connectivity index (χ3v) is 10.3. The van der Waals surface area contributed by atoms with Gasteiger partial charge in [0.15, 0.2) is 0 Å². The molecule has 2 aromatic rings. The summed E-state index contributed by atoms with van der Waals surface area (Å²) in [7, 11) is 0. The number of halogens is 1. The van der Waals surface area contributed by atoms with Gasteiger partial charge in [-0.3, -0.25) is 14.4 Å². The second-order valence-electron chi connectivity index (χ2n) is 12.5. The van der Waals surface area contributed by atoms with E-state index in [1.165, 1.54) is 4.90 Å². The zero-order chi connectivity index (χ0) is 31.3. The molecular weight excluding hydrogens is 570 g/mol. The van der Waals surface area contributed by atoms with E-state index < -0.39 is 41.0 Å². The Kier molecular flexibility index (Phi) is 8.55. The van der Waals surface area contributed by atoms with Gasteiger partial charge in [0.05, 0.1) is 47.4 Å². The normalized spacial score (nSPS) is 30.6. The van der Waals surface area contributed by atoms with Crippen LogP contribution in [0.5, 0.6) is 5.75 Å². The van der Waals surface area contributed by atoms with Gasteiger partial charge in [0, 0.05) is 5.69 Å². The summed E-state index contributed by atoms with van der Waals surface area (Å²) in [5.41, 5.74) is -0.434. The number of amides is 3. The van der Waals surface area contributed by atoms with Crippen molar-refractivity contribution in [2.24, 2.45) is 23.7 Å². The Bertz CT molecular complexity index is 1380. The van der Waals surface area contributed by atoms with Gasteiger partial charge in [0.2, 0.25) is 17.7 Å². The van der Waals surface area contributed by atoms with Crippen LogP contribution in [0.1, 0.15) is 53.0 Å². The summed E-state index contributed by atoms with van der Waals surface area (Å²) < 4.78 is 12.3. The van der Waals surface area contributed by atoms with E-state index in [9.17, 15) is 19.5 Å². The second kappa shape index (κ2) is 11.7. The fourth-order valence-corrected chi connectivity index (χ4v) is 7.82. The van der Waals surface area contributed by atoms with Crippen molar-refractivity contribution in [2.75, 3.05) is 23.8 Å². The smallest absolute Gasteiger partial charge is 0.250 e. The number of aliphatic hydroxyl groups excluding tert-OH is 1. The van der Waals surface area contributed by atoms with Crippen LogP contribution in [0.25, 0.3) is 0 Å². The van der Waals surface area contributed by atoms with E-state index in [1.807, 2.05) is 47.6 Å². The van der Waals surface area contributed by atoms with Crippen LogP contribution in [0.2, 0.25) is 5.02 Å². The Balaban J connectivity index is 1.56. The molecule has 1 spiro atoms. The van der Waals surface area contributed by atoms with Crippen molar-refractivity contribution >= 4 is 40.7 Å². The molecule has 3 N–H and O–H groups in total. The zero-order valence-electron chi connectivity index (χ0n) is 25.6. The van der Waals surface area contributed by atoms with Crippen LogP contribution in [0.15, 0.2) is 42.5 Å². The van der Waals surface area contributed by atoms with E-state index in [0.717, 1.165) is 5.56 Å². The van der Waals surface area contributed by atoms with Gasteiger partial charge in [-0.2, -0.15) is 0 Å². The molecule has 3 unspecified atom stereocenters. The molecule has 3 amide bonds. The van der Waals surface area contributed by atoms with Crippen LogP contribution >= 0.6 is 11.6 Å².